The minimum atomic E-state index is 0.0220. The largest absolute Gasteiger partial charge is 0.292 e. The highest BCUT2D eigenvalue weighted by atomic mass is 32.2. The summed E-state index contributed by atoms with van der Waals surface area (Å²) in [6, 6.07) is 3.91. The van der Waals surface area contributed by atoms with E-state index in [2.05, 4.69) is 6.92 Å². The number of thiophene rings is 2. The number of nitrogens with zero attached hydrogens (tertiary/aromatic N) is 2. The van der Waals surface area contributed by atoms with Crippen LogP contribution in [0.15, 0.2) is 22.1 Å². The molecule has 0 unspecified atom stereocenters. The molecule has 0 radical (unpaired) electrons. The molecule has 1 aliphatic rings. The second-order valence-corrected chi connectivity index (χ2v) is 9.68. The van der Waals surface area contributed by atoms with Crippen LogP contribution in [-0.2, 0) is 26.3 Å². The summed E-state index contributed by atoms with van der Waals surface area (Å²) in [6.07, 6.45) is 5.32. The number of Topliss-reactive ketones (excluding diaryl/α,β-unsaturated/α-hetero) is 1. The number of aromatic nitrogens is 2. The van der Waals surface area contributed by atoms with Crippen molar-refractivity contribution in [3.8, 4) is 0 Å². The highest BCUT2D eigenvalue weighted by Gasteiger charge is 2.21. The van der Waals surface area contributed by atoms with E-state index >= 15 is 0 Å². The van der Waals surface area contributed by atoms with Crippen LogP contribution in [0.3, 0.4) is 0 Å². The zero-order valence-electron chi connectivity index (χ0n) is 14.8. The Morgan fingerprint density at radius 1 is 1.27 bits per heavy atom. The van der Waals surface area contributed by atoms with Crippen LogP contribution >= 0.6 is 34.4 Å². The van der Waals surface area contributed by atoms with Crippen molar-refractivity contribution < 1.29 is 4.79 Å². The summed E-state index contributed by atoms with van der Waals surface area (Å²) in [4.78, 5) is 34.2. The lowest BCUT2D eigenvalue weighted by molar-refractivity contribution is 0.102. The molecule has 0 bridgehead atoms. The first-order chi connectivity index (χ1) is 12.6. The molecule has 0 spiro atoms. The molecular weight excluding hydrogens is 384 g/mol. The third-order valence-electron chi connectivity index (χ3n) is 4.77. The molecule has 3 heterocycles. The number of hydrogen-bond donors (Lipinski definition) is 0. The van der Waals surface area contributed by atoms with Crippen LogP contribution in [0.2, 0.25) is 0 Å². The molecule has 4 rings (SSSR count). The molecule has 0 atom stereocenters. The van der Waals surface area contributed by atoms with E-state index in [0.717, 1.165) is 40.8 Å². The summed E-state index contributed by atoms with van der Waals surface area (Å²) < 4.78 is 1.60. The maximum atomic E-state index is 12.9. The van der Waals surface area contributed by atoms with Crippen molar-refractivity contribution in [1.29, 1.82) is 0 Å². The maximum absolute atomic E-state index is 12.9. The predicted octanol–water partition coefficient (Wildman–Crippen LogP) is 4.47. The van der Waals surface area contributed by atoms with Crippen molar-refractivity contribution >= 4 is 50.4 Å². The van der Waals surface area contributed by atoms with Crippen molar-refractivity contribution in [2.45, 2.75) is 44.2 Å². The van der Waals surface area contributed by atoms with E-state index in [1.807, 2.05) is 12.1 Å². The number of rotatable bonds is 5. The number of hydrogen-bond acceptors (Lipinski definition) is 6. The first-order valence-corrected chi connectivity index (χ1v) is 11.5. The van der Waals surface area contributed by atoms with Gasteiger partial charge in [-0.15, -0.1) is 22.7 Å². The average Bonchev–Trinajstić information content (AvgIpc) is 3.27. The van der Waals surface area contributed by atoms with E-state index in [0.29, 0.717) is 10.9 Å². The Bertz CT molecular complexity index is 1050. The summed E-state index contributed by atoms with van der Waals surface area (Å²) >= 11 is 4.56. The average molecular weight is 405 g/mol. The molecule has 136 valence electrons. The minimum absolute atomic E-state index is 0.0220. The Balaban J connectivity index is 1.61. The summed E-state index contributed by atoms with van der Waals surface area (Å²) in [5, 5.41) is 1.43. The second-order valence-electron chi connectivity index (χ2n) is 6.48. The molecule has 26 heavy (non-hydrogen) atoms. The molecule has 1 aliphatic carbocycles. The van der Waals surface area contributed by atoms with Gasteiger partial charge < -0.3 is 0 Å². The first-order valence-electron chi connectivity index (χ1n) is 8.84. The number of aryl methyl sites for hydroxylation is 3. The lowest BCUT2D eigenvalue weighted by Crippen LogP contribution is -2.21. The van der Waals surface area contributed by atoms with E-state index in [1.54, 1.807) is 34.3 Å². The quantitative estimate of drug-likeness (QED) is 0.358. The fourth-order valence-electron chi connectivity index (χ4n) is 3.32. The van der Waals surface area contributed by atoms with Gasteiger partial charge in [0.25, 0.3) is 5.56 Å². The summed E-state index contributed by atoms with van der Waals surface area (Å²) in [7, 11) is 1.76. The summed E-state index contributed by atoms with van der Waals surface area (Å²) in [6.45, 7) is 2.09. The molecule has 3 aromatic rings. The number of carbonyl (C=O) groups excluding carboxylic acids is 1. The summed E-state index contributed by atoms with van der Waals surface area (Å²) in [5.74, 6) is 0.403. The predicted molar refractivity (Wildman–Crippen MR) is 110 cm³/mol. The van der Waals surface area contributed by atoms with Gasteiger partial charge >= 0.3 is 0 Å². The van der Waals surface area contributed by atoms with Gasteiger partial charge in [-0.2, -0.15) is 0 Å². The zero-order valence-corrected chi connectivity index (χ0v) is 17.3. The number of carbonyl (C=O) groups is 1. The monoisotopic (exact) mass is 404 g/mol. The highest BCUT2D eigenvalue weighted by Crippen LogP contribution is 2.34. The SMILES string of the molecule is CCc1ccc(C(=O)CSc2nc3sc4c(c3c(=O)n2C)CCCC4)s1. The van der Waals surface area contributed by atoms with Gasteiger partial charge in [0.2, 0.25) is 0 Å². The highest BCUT2D eigenvalue weighted by molar-refractivity contribution is 7.99. The molecule has 3 aromatic heterocycles. The van der Waals surface area contributed by atoms with Crippen LogP contribution in [0.1, 0.15) is 44.8 Å². The van der Waals surface area contributed by atoms with Crippen LogP contribution in [0, 0.1) is 0 Å². The number of thioether (sulfide) groups is 1. The Labute approximate surface area is 164 Å². The standard InChI is InChI=1S/C19H20N2O2S3/c1-3-11-8-9-15(25-11)13(22)10-24-19-20-17-16(18(23)21(19)2)12-6-4-5-7-14(12)26-17/h8-9H,3-7,10H2,1-2H3. The molecule has 0 saturated heterocycles. The van der Waals surface area contributed by atoms with Gasteiger partial charge in [0.15, 0.2) is 10.9 Å². The van der Waals surface area contributed by atoms with Gasteiger partial charge in [0.1, 0.15) is 4.83 Å². The molecule has 0 amide bonds. The maximum Gasteiger partial charge on any atom is 0.262 e. The van der Waals surface area contributed by atoms with Gasteiger partial charge in [-0.3, -0.25) is 14.2 Å². The van der Waals surface area contributed by atoms with Gasteiger partial charge in [0, 0.05) is 16.8 Å². The Morgan fingerprint density at radius 2 is 2.08 bits per heavy atom. The molecule has 7 heteroatoms. The topological polar surface area (TPSA) is 52.0 Å². The fraction of sp³-hybridized carbons (Fsp3) is 0.421. The number of fused-ring (bicyclic) bond motifs is 3. The first kappa shape index (κ1) is 17.9. The molecular formula is C19H20N2O2S3. The molecule has 0 fully saturated rings. The normalized spacial score (nSPS) is 13.9. The Morgan fingerprint density at radius 3 is 2.85 bits per heavy atom. The Hall–Kier alpha value is -1.44. The van der Waals surface area contributed by atoms with Crippen LogP contribution in [0.25, 0.3) is 10.2 Å². The summed E-state index contributed by atoms with van der Waals surface area (Å²) in [5.41, 5.74) is 1.23. The second kappa shape index (κ2) is 7.29. The van der Waals surface area contributed by atoms with Crippen LogP contribution in [0.4, 0.5) is 0 Å². The number of ketones is 1. The van der Waals surface area contributed by atoms with E-state index in [4.69, 9.17) is 4.98 Å². The van der Waals surface area contributed by atoms with Crippen LogP contribution in [-0.4, -0.2) is 21.1 Å². The van der Waals surface area contributed by atoms with Crippen LogP contribution < -0.4 is 5.56 Å². The van der Waals surface area contributed by atoms with E-state index in [1.165, 1.54) is 33.5 Å². The van der Waals surface area contributed by atoms with Crippen molar-refractivity contribution in [2.24, 2.45) is 7.05 Å². The van der Waals surface area contributed by atoms with Gasteiger partial charge in [-0.25, -0.2) is 4.98 Å². The van der Waals surface area contributed by atoms with E-state index in [-0.39, 0.29) is 11.3 Å². The molecule has 0 aliphatic heterocycles. The van der Waals surface area contributed by atoms with Crippen molar-refractivity contribution in [3.63, 3.8) is 0 Å². The van der Waals surface area contributed by atoms with E-state index < -0.39 is 0 Å². The molecule has 0 saturated carbocycles. The lowest BCUT2D eigenvalue weighted by Gasteiger charge is -2.10. The van der Waals surface area contributed by atoms with Gasteiger partial charge in [-0.05, 0) is 49.8 Å². The zero-order chi connectivity index (χ0) is 18.3. The fourth-order valence-corrected chi connectivity index (χ4v) is 6.45. The molecule has 0 aromatic carbocycles. The minimum Gasteiger partial charge on any atom is -0.292 e. The van der Waals surface area contributed by atoms with Gasteiger partial charge in [0.05, 0.1) is 16.0 Å². The van der Waals surface area contributed by atoms with Crippen molar-refractivity contribution in [3.05, 3.63) is 42.7 Å². The van der Waals surface area contributed by atoms with Gasteiger partial charge in [-0.1, -0.05) is 18.7 Å². The third-order valence-corrected chi connectivity index (χ3v) is 8.26. The third kappa shape index (κ3) is 3.17. The van der Waals surface area contributed by atoms with Crippen LogP contribution in [0.5, 0.6) is 0 Å². The molecule has 4 nitrogen and oxygen atoms in total. The lowest BCUT2D eigenvalue weighted by atomic mass is 9.97. The van der Waals surface area contributed by atoms with E-state index in [9.17, 15) is 9.59 Å². The van der Waals surface area contributed by atoms with Crippen molar-refractivity contribution in [2.75, 3.05) is 5.75 Å². The smallest absolute Gasteiger partial charge is 0.262 e. The molecule has 0 N–H and O–H groups in total. The Kier molecular flexibility index (Phi) is 5.03. The van der Waals surface area contributed by atoms with Crippen molar-refractivity contribution in [1.82, 2.24) is 9.55 Å².